The van der Waals surface area contributed by atoms with Gasteiger partial charge in [-0.15, -0.1) is 0 Å². The molecule has 2 aromatic heterocycles. The van der Waals surface area contributed by atoms with Crippen molar-refractivity contribution >= 4 is 22.1 Å². The lowest BCUT2D eigenvalue weighted by molar-refractivity contribution is 0.174. The Morgan fingerprint density at radius 2 is 2.18 bits per heavy atom. The summed E-state index contributed by atoms with van der Waals surface area (Å²) in [7, 11) is 0. The Balaban J connectivity index is 0.00000109. The molecule has 0 amide bonds. The van der Waals surface area contributed by atoms with Crippen LogP contribution < -0.4 is 10.3 Å². The Morgan fingerprint density at radius 3 is 2.86 bits per heavy atom. The SMILES string of the molecule is CC.CC(C)COc1ccc2oc3c(=O)[nH]c(CN4CC[C@H](O)C4)nc3c2c1. The van der Waals surface area contributed by atoms with Gasteiger partial charge in [-0.25, -0.2) is 4.98 Å². The third-order valence-corrected chi connectivity index (χ3v) is 4.55. The molecule has 4 rings (SSSR count). The Labute approximate surface area is 164 Å². The van der Waals surface area contributed by atoms with E-state index >= 15 is 0 Å². The van der Waals surface area contributed by atoms with Crippen molar-refractivity contribution in [2.75, 3.05) is 19.7 Å². The van der Waals surface area contributed by atoms with Gasteiger partial charge in [0.1, 0.15) is 22.7 Å². The molecule has 0 spiro atoms. The van der Waals surface area contributed by atoms with Crippen LogP contribution in [-0.4, -0.2) is 45.8 Å². The van der Waals surface area contributed by atoms with E-state index in [1.54, 1.807) is 0 Å². The van der Waals surface area contributed by atoms with Gasteiger partial charge >= 0.3 is 0 Å². The number of nitrogens with one attached hydrogen (secondary N) is 1. The molecule has 2 N–H and O–H groups in total. The topological polar surface area (TPSA) is 91.6 Å². The summed E-state index contributed by atoms with van der Waals surface area (Å²) < 4.78 is 11.5. The van der Waals surface area contributed by atoms with Gasteiger partial charge in [-0.2, -0.15) is 0 Å². The van der Waals surface area contributed by atoms with E-state index < -0.39 is 0 Å². The highest BCUT2D eigenvalue weighted by molar-refractivity contribution is 6.02. The molecule has 0 unspecified atom stereocenters. The molecule has 1 aromatic carbocycles. The Kier molecular flexibility index (Phi) is 6.36. The normalized spacial score (nSPS) is 17.3. The summed E-state index contributed by atoms with van der Waals surface area (Å²) in [4.78, 5) is 21.9. The van der Waals surface area contributed by atoms with Crippen molar-refractivity contribution in [2.45, 2.75) is 46.8 Å². The number of β-amino-alcohol motifs (C(OH)–C–C–N with tert-alkyl or cyclic N) is 1. The van der Waals surface area contributed by atoms with Crippen LogP contribution in [0.5, 0.6) is 5.75 Å². The Hall–Kier alpha value is -2.38. The fraction of sp³-hybridized carbons (Fsp3) is 0.524. The van der Waals surface area contributed by atoms with E-state index in [9.17, 15) is 9.90 Å². The smallest absolute Gasteiger partial charge is 0.294 e. The summed E-state index contributed by atoms with van der Waals surface area (Å²) in [6.45, 7) is 10.7. The Morgan fingerprint density at radius 1 is 1.39 bits per heavy atom. The molecule has 1 aliphatic heterocycles. The van der Waals surface area contributed by atoms with Crippen molar-refractivity contribution in [3.05, 3.63) is 34.4 Å². The number of aliphatic hydroxyl groups is 1. The van der Waals surface area contributed by atoms with Crippen molar-refractivity contribution in [3.63, 3.8) is 0 Å². The molecule has 0 radical (unpaired) electrons. The number of aromatic nitrogens is 2. The highest BCUT2D eigenvalue weighted by Gasteiger charge is 2.22. The van der Waals surface area contributed by atoms with Gasteiger partial charge < -0.3 is 19.2 Å². The first-order chi connectivity index (χ1) is 13.5. The standard InChI is InChI=1S/C19H23N3O4.C2H6/c1-11(2)10-25-13-3-4-15-14(7-13)17-18(26-15)19(24)21-16(20-17)9-22-6-5-12(23)8-22;1-2/h3-4,7,11-12,23H,5-6,8-10H2,1-2H3,(H,20,21,24);1-2H3/t12-;/m0./s1. The number of aliphatic hydroxyl groups excluding tert-OH is 1. The second-order valence-electron chi connectivity index (χ2n) is 7.33. The minimum atomic E-state index is -0.305. The second-order valence-corrected chi connectivity index (χ2v) is 7.33. The minimum Gasteiger partial charge on any atom is -0.493 e. The van der Waals surface area contributed by atoms with Crippen LogP contribution in [0.2, 0.25) is 0 Å². The number of aromatic amines is 1. The minimum absolute atomic E-state index is 0.228. The number of hydrogen-bond donors (Lipinski definition) is 2. The van der Waals surface area contributed by atoms with Crippen LogP contribution in [0.4, 0.5) is 0 Å². The Bertz CT molecular complexity index is 992. The highest BCUT2D eigenvalue weighted by Crippen LogP contribution is 2.29. The fourth-order valence-electron chi connectivity index (χ4n) is 3.27. The zero-order chi connectivity index (χ0) is 20.3. The van der Waals surface area contributed by atoms with Gasteiger partial charge in [0.05, 0.1) is 24.6 Å². The van der Waals surface area contributed by atoms with E-state index in [2.05, 4.69) is 28.7 Å². The number of rotatable bonds is 5. The zero-order valence-corrected chi connectivity index (χ0v) is 17.0. The lowest BCUT2D eigenvalue weighted by atomic mass is 10.2. The van der Waals surface area contributed by atoms with Crippen LogP contribution in [0, 0.1) is 5.92 Å². The van der Waals surface area contributed by atoms with Crippen molar-refractivity contribution in [1.29, 1.82) is 0 Å². The first-order valence-electron chi connectivity index (χ1n) is 9.98. The molecule has 0 saturated carbocycles. The van der Waals surface area contributed by atoms with Crippen LogP contribution in [-0.2, 0) is 6.54 Å². The lowest BCUT2D eigenvalue weighted by Crippen LogP contribution is -2.24. The average molecular weight is 387 g/mol. The van der Waals surface area contributed by atoms with Crippen molar-refractivity contribution in [1.82, 2.24) is 14.9 Å². The number of nitrogens with zero attached hydrogens (tertiary/aromatic N) is 2. The molecular formula is C21H29N3O4. The third kappa shape index (κ3) is 4.36. The molecule has 1 saturated heterocycles. The number of fused-ring (bicyclic) bond motifs is 3. The van der Waals surface area contributed by atoms with Gasteiger partial charge in [0.15, 0.2) is 0 Å². The first kappa shape index (κ1) is 20.4. The van der Waals surface area contributed by atoms with Gasteiger partial charge in [0, 0.05) is 13.1 Å². The van der Waals surface area contributed by atoms with E-state index in [1.165, 1.54) is 0 Å². The molecule has 3 aromatic rings. The van der Waals surface area contributed by atoms with E-state index in [0.29, 0.717) is 42.5 Å². The molecule has 7 heteroatoms. The van der Waals surface area contributed by atoms with Crippen LogP contribution in [0.15, 0.2) is 27.4 Å². The molecule has 1 atom stereocenters. The number of benzene rings is 1. The molecular weight excluding hydrogens is 358 g/mol. The number of furan rings is 1. The number of H-pyrrole nitrogens is 1. The summed E-state index contributed by atoms with van der Waals surface area (Å²) in [6, 6.07) is 5.52. The van der Waals surface area contributed by atoms with E-state index in [0.717, 1.165) is 24.1 Å². The summed E-state index contributed by atoms with van der Waals surface area (Å²) >= 11 is 0. The first-order valence-corrected chi connectivity index (χ1v) is 9.98. The summed E-state index contributed by atoms with van der Waals surface area (Å²) in [5.74, 6) is 1.74. The molecule has 1 fully saturated rings. The van der Waals surface area contributed by atoms with Gasteiger partial charge in [0.25, 0.3) is 5.56 Å². The van der Waals surface area contributed by atoms with Gasteiger partial charge in [0.2, 0.25) is 5.58 Å². The van der Waals surface area contributed by atoms with Crippen LogP contribution in [0.3, 0.4) is 0 Å². The molecule has 152 valence electrons. The van der Waals surface area contributed by atoms with Crippen molar-refractivity contribution in [3.8, 4) is 5.75 Å². The van der Waals surface area contributed by atoms with Gasteiger partial charge in [-0.1, -0.05) is 27.7 Å². The van der Waals surface area contributed by atoms with E-state index in [-0.39, 0.29) is 17.2 Å². The van der Waals surface area contributed by atoms with Gasteiger partial charge in [-0.3, -0.25) is 9.69 Å². The maximum Gasteiger partial charge on any atom is 0.294 e. The third-order valence-electron chi connectivity index (χ3n) is 4.55. The van der Waals surface area contributed by atoms with Crippen molar-refractivity contribution < 1.29 is 14.3 Å². The number of ether oxygens (including phenoxy) is 1. The predicted molar refractivity (Wildman–Crippen MR) is 110 cm³/mol. The summed E-state index contributed by atoms with van der Waals surface area (Å²) in [5, 5.41) is 10.4. The average Bonchev–Trinajstić information content (AvgIpc) is 3.25. The molecule has 28 heavy (non-hydrogen) atoms. The maximum absolute atomic E-state index is 12.4. The quantitative estimate of drug-likeness (QED) is 0.698. The molecule has 0 bridgehead atoms. The fourth-order valence-corrected chi connectivity index (χ4v) is 3.27. The molecule has 3 heterocycles. The predicted octanol–water partition coefficient (Wildman–Crippen LogP) is 3.30. The highest BCUT2D eigenvalue weighted by atomic mass is 16.5. The maximum atomic E-state index is 12.4. The largest absolute Gasteiger partial charge is 0.493 e. The van der Waals surface area contributed by atoms with Crippen molar-refractivity contribution in [2.24, 2.45) is 5.92 Å². The molecule has 1 aliphatic rings. The monoisotopic (exact) mass is 387 g/mol. The van der Waals surface area contributed by atoms with Crippen LogP contribution >= 0.6 is 0 Å². The van der Waals surface area contributed by atoms with E-state index in [4.69, 9.17) is 9.15 Å². The van der Waals surface area contributed by atoms with E-state index in [1.807, 2.05) is 32.0 Å². The molecule has 7 nitrogen and oxygen atoms in total. The summed E-state index contributed by atoms with van der Waals surface area (Å²) in [5.41, 5.74) is 1.11. The van der Waals surface area contributed by atoms with Crippen LogP contribution in [0.1, 0.15) is 39.9 Å². The number of likely N-dealkylation sites (tertiary alicyclic amines) is 1. The lowest BCUT2D eigenvalue weighted by Gasteiger charge is -2.13. The number of hydrogen-bond acceptors (Lipinski definition) is 6. The summed E-state index contributed by atoms with van der Waals surface area (Å²) in [6.07, 6.45) is 0.443. The van der Waals surface area contributed by atoms with Gasteiger partial charge in [-0.05, 0) is 30.5 Å². The van der Waals surface area contributed by atoms with Crippen LogP contribution in [0.25, 0.3) is 22.1 Å². The second kappa shape index (κ2) is 8.75. The molecule has 0 aliphatic carbocycles. The zero-order valence-electron chi connectivity index (χ0n) is 17.0.